The molecule has 0 aliphatic carbocycles. The van der Waals surface area contributed by atoms with E-state index < -0.39 is 16.9 Å². The van der Waals surface area contributed by atoms with Crippen LogP contribution in [-0.2, 0) is 16.0 Å². The number of nitro groups is 1. The summed E-state index contributed by atoms with van der Waals surface area (Å²) in [4.78, 5) is 24.7. The zero-order chi connectivity index (χ0) is 17.7. The summed E-state index contributed by atoms with van der Waals surface area (Å²) in [5, 5.41) is 11.1. The molecule has 1 aromatic rings. The molecule has 2 rings (SSSR count). The topological polar surface area (TPSA) is 98.7 Å². The average molecular weight is 335 g/mol. The summed E-state index contributed by atoms with van der Waals surface area (Å²) < 4.78 is 4.94. The number of piperidine rings is 1. The summed E-state index contributed by atoms with van der Waals surface area (Å²) in [5.41, 5.74) is 7.57. The molecule has 7 heteroatoms. The Bertz CT molecular complexity index is 597. The summed E-state index contributed by atoms with van der Waals surface area (Å²) in [5.74, 6) is 0.201. The van der Waals surface area contributed by atoms with Gasteiger partial charge in [0, 0.05) is 37.3 Å². The summed E-state index contributed by atoms with van der Waals surface area (Å²) in [6, 6.07) is 3.97. The van der Waals surface area contributed by atoms with Crippen LogP contribution in [0.3, 0.4) is 0 Å². The quantitative estimate of drug-likeness (QED) is 0.486. The second kappa shape index (κ2) is 8.10. The number of nitrogens with zero attached hydrogens (tertiary/aromatic N) is 2. The molecule has 0 spiro atoms. The smallest absolute Gasteiger partial charge is 0.323 e. The van der Waals surface area contributed by atoms with E-state index in [0.29, 0.717) is 5.92 Å². The lowest BCUT2D eigenvalue weighted by atomic mass is 9.96. The molecule has 24 heavy (non-hydrogen) atoms. The molecule has 0 radical (unpaired) electrons. The number of carbonyl (C=O) groups excluding carboxylic acids is 1. The summed E-state index contributed by atoms with van der Waals surface area (Å²) in [6.45, 7) is 6.02. The molecule has 0 bridgehead atoms. The number of anilines is 1. The minimum Gasteiger partial charge on any atom is -0.465 e. The molecule has 0 aromatic heterocycles. The Hall–Kier alpha value is -2.15. The third kappa shape index (κ3) is 4.44. The van der Waals surface area contributed by atoms with Crippen molar-refractivity contribution in [2.24, 2.45) is 11.7 Å². The second-order valence-electron chi connectivity index (χ2n) is 6.30. The molecule has 1 aromatic carbocycles. The molecule has 1 saturated heterocycles. The fraction of sp³-hybridized carbons (Fsp3) is 0.588. The molecule has 132 valence electrons. The third-order valence-corrected chi connectivity index (χ3v) is 4.43. The summed E-state index contributed by atoms with van der Waals surface area (Å²) in [6.07, 6.45) is 2.39. The molecule has 1 aliphatic heterocycles. The lowest BCUT2D eigenvalue weighted by molar-refractivity contribution is -0.384. The Balaban J connectivity index is 2.26. The molecule has 1 unspecified atom stereocenters. The zero-order valence-electron chi connectivity index (χ0n) is 14.2. The van der Waals surface area contributed by atoms with Crippen molar-refractivity contribution < 1.29 is 14.5 Å². The van der Waals surface area contributed by atoms with Gasteiger partial charge >= 0.3 is 5.97 Å². The fourth-order valence-corrected chi connectivity index (χ4v) is 2.98. The van der Waals surface area contributed by atoms with Crippen molar-refractivity contribution in [1.29, 1.82) is 0 Å². The van der Waals surface area contributed by atoms with Gasteiger partial charge in [-0.15, -0.1) is 0 Å². The number of hydrogen-bond acceptors (Lipinski definition) is 6. The Labute approximate surface area is 141 Å². The van der Waals surface area contributed by atoms with Crippen LogP contribution >= 0.6 is 0 Å². The lowest BCUT2D eigenvalue weighted by Crippen LogP contribution is -2.36. The van der Waals surface area contributed by atoms with Crippen LogP contribution in [0.25, 0.3) is 0 Å². The van der Waals surface area contributed by atoms with E-state index in [4.69, 9.17) is 10.5 Å². The first-order chi connectivity index (χ1) is 11.4. The number of benzene rings is 1. The number of ether oxygens (including phenoxy) is 1. The SMILES string of the molecule is CCOC(=O)C(N)Cc1cc([N+](=O)[O-])ccc1N1CCC(C)CC1. The minimum absolute atomic E-state index is 0.00943. The number of nitrogens with two attached hydrogens (primary N) is 1. The van der Waals surface area contributed by atoms with Crippen molar-refractivity contribution in [3.8, 4) is 0 Å². The highest BCUT2D eigenvalue weighted by atomic mass is 16.6. The first-order valence-electron chi connectivity index (χ1n) is 8.36. The van der Waals surface area contributed by atoms with Crippen molar-refractivity contribution in [1.82, 2.24) is 0 Å². The van der Waals surface area contributed by atoms with Gasteiger partial charge in [-0.05, 0) is 37.3 Å². The largest absolute Gasteiger partial charge is 0.465 e. The van der Waals surface area contributed by atoms with Crippen LogP contribution in [0.1, 0.15) is 32.3 Å². The van der Waals surface area contributed by atoms with Gasteiger partial charge in [0.25, 0.3) is 5.69 Å². The van der Waals surface area contributed by atoms with Gasteiger partial charge in [-0.3, -0.25) is 14.9 Å². The monoisotopic (exact) mass is 335 g/mol. The highest BCUT2D eigenvalue weighted by molar-refractivity contribution is 5.76. The lowest BCUT2D eigenvalue weighted by Gasteiger charge is -2.33. The maximum Gasteiger partial charge on any atom is 0.323 e. The van der Waals surface area contributed by atoms with Gasteiger partial charge in [-0.25, -0.2) is 0 Å². The van der Waals surface area contributed by atoms with Crippen LogP contribution in [0.15, 0.2) is 18.2 Å². The highest BCUT2D eigenvalue weighted by Gasteiger charge is 2.23. The normalized spacial score (nSPS) is 16.7. The molecule has 0 saturated carbocycles. The van der Waals surface area contributed by atoms with Crippen LogP contribution in [-0.4, -0.2) is 36.6 Å². The van der Waals surface area contributed by atoms with Gasteiger partial charge in [0.1, 0.15) is 6.04 Å². The molecular weight excluding hydrogens is 310 g/mol. The van der Waals surface area contributed by atoms with E-state index in [0.717, 1.165) is 37.2 Å². The fourth-order valence-electron chi connectivity index (χ4n) is 2.98. The number of nitro benzene ring substituents is 1. The van der Waals surface area contributed by atoms with Crippen molar-refractivity contribution >= 4 is 17.3 Å². The van der Waals surface area contributed by atoms with Gasteiger partial charge in [-0.1, -0.05) is 6.92 Å². The van der Waals surface area contributed by atoms with Gasteiger partial charge in [0.05, 0.1) is 11.5 Å². The Morgan fingerprint density at radius 1 is 1.46 bits per heavy atom. The molecule has 1 atom stereocenters. The number of hydrogen-bond donors (Lipinski definition) is 1. The van der Waals surface area contributed by atoms with E-state index in [-0.39, 0.29) is 18.7 Å². The molecule has 1 fully saturated rings. The maximum atomic E-state index is 11.8. The number of carbonyl (C=O) groups is 1. The molecule has 0 amide bonds. The van der Waals surface area contributed by atoms with Crippen LogP contribution < -0.4 is 10.6 Å². The molecule has 2 N–H and O–H groups in total. The van der Waals surface area contributed by atoms with E-state index in [2.05, 4.69) is 11.8 Å². The Morgan fingerprint density at radius 2 is 2.12 bits per heavy atom. The Kier molecular flexibility index (Phi) is 6.14. The van der Waals surface area contributed by atoms with Crippen LogP contribution in [0.4, 0.5) is 11.4 Å². The van der Waals surface area contributed by atoms with Crippen LogP contribution in [0, 0.1) is 16.0 Å². The second-order valence-corrected chi connectivity index (χ2v) is 6.30. The summed E-state index contributed by atoms with van der Waals surface area (Å²) >= 11 is 0. The summed E-state index contributed by atoms with van der Waals surface area (Å²) in [7, 11) is 0. The van der Waals surface area contributed by atoms with E-state index >= 15 is 0 Å². The van der Waals surface area contributed by atoms with E-state index in [9.17, 15) is 14.9 Å². The predicted molar refractivity (Wildman–Crippen MR) is 92.0 cm³/mol. The van der Waals surface area contributed by atoms with Gasteiger partial charge in [0.15, 0.2) is 0 Å². The van der Waals surface area contributed by atoms with Crippen LogP contribution in [0.2, 0.25) is 0 Å². The molecule has 7 nitrogen and oxygen atoms in total. The number of rotatable bonds is 6. The molecule has 1 heterocycles. The molecule has 1 aliphatic rings. The van der Waals surface area contributed by atoms with Crippen molar-refractivity contribution in [2.45, 2.75) is 39.2 Å². The van der Waals surface area contributed by atoms with E-state index in [1.165, 1.54) is 12.1 Å². The third-order valence-electron chi connectivity index (χ3n) is 4.43. The maximum absolute atomic E-state index is 11.8. The predicted octanol–water partition coefficient (Wildman–Crippen LogP) is 2.26. The molecular formula is C17H25N3O4. The van der Waals surface area contributed by atoms with Gasteiger partial charge in [-0.2, -0.15) is 0 Å². The zero-order valence-corrected chi connectivity index (χ0v) is 14.2. The van der Waals surface area contributed by atoms with Crippen molar-refractivity contribution in [2.75, 3.05) is 24.6 Å². The number of esters is 1. The van der Waals surface area contributed by atoms with Gasteiger partial charge < -0.3 is 15.4 Å². The first-order valence-corrected chi connectivity index (χ1v) is 8.36. The average Bonchev–Trinajstić information content (AvgIpc) is 2.55. The van der Waals surface area contributed by atoms with Crippen molar-refractivity contribution in [3.05, 3.63) is 33.9 Å². The standard InChI is InChI=1S/C17H25N3O4/c1-3-24-17(21)15(18)11-13-10-14(20(22)23)4-5-16(13)19-8-6-12(2)7-9-19/h4-5,10,12,15H,3,6-9,11,18H2,1-2H3. The van der Waals surface area contributed by atoms with Crippen LogP contribution in [0.5, 0.6) is 0 Å². The van der Waals surface area contributed by atoms with E-state index in [1.807, 2.05) is 0 Å². The first kappa shape index (κ1) is 18.2. The van der Waals surface area contributed by atoms with Gasteiger partial charge in [0.2, 0.25) is 0 Å². The highest BCUT2D eigenvalue weighted by Crippen LogP contribution is 2.30. The minimum atomic E-state index is -0.825. The van der Waals surface area contributed by atoms with Crippen molar-refractivity contribution in [3.63, 3.8) is 0 Å². The Morgan fingerprint density at radius 3 is 2.71 bits per heavy atom. The van der Waals surface area contributed by atoms with E-state index in [1.54, 1.807) is 13.0 Å². The number of non-ortho nitro benzene ring substituents is 1.